The molecule has 0 aliphatic heterocycles. The number of anilines is 1. The zero-order chi connectivity index (χ0) is 13.4. The Bertz CT molecular complexity index is 597. The lowest BCUT2D eigenvalue weighted by Crippen LogP contribution is -2.11. The second-order valence-electron chi connectivity index (χ2n) is 4.08. The van der Waals surface area contributed by atoms with Crippen LogP contribution in [0.25, 0.3) is 0 Å². The van der Waals surface area contributed by atoms with Crippen LogP contribution in [0.5, 0.6) is 0 Å². The standard InChI is InChI=1S/C12H12BrClFN3/c1-6-11(13)12(16)18(17-6)7(2)8-3-4-10(15)9(14)5-8/h3-5,7H,16H2,1-2H3. The van der Waals surface area contributed by atoms with Crippen LogP contribution in [-0.2, 0) is 0 Å². The van der Waals surface area contributed by atoms with Gasteiger partial charge in [0.25, 0.3) is 0 Å². The molecule has 0 saturated heterocycles. The number of nitrogens with zero attached hydrogens (tertiary/aromatic N) is 2. The van der Waals surface area contributed by atoms with Crippen LogP contribution in [0.15, 0.2) is 22.7 Å². The third-order valence-corrected chi connectivity index (χ3v) is 4.11. The van der Waals surface area contributed by atoms with Gasteiger partial charge < -0.3 is 5.73 Å². The van der Waals surface area contributed by atoms with E-state index in [0.717, 1.165) is 15.7 Å². The molecule has 0 fully saturated rings. The van der Waals surface area contributed by atoms with Crippen molar-refractivity contribution in [3.8, 4) is 0 Å². The fourth-order valence-electron chi connectivity index (χ4n) is 1.75. The van der Waals surface area contributed by atoms with Gasteiger partial charge in [-0.05, 0) is 47.5 Å². The van der Waals surface area contributed by atoms with Gasteiger partial charge in [0.1, 0.15) is 11.6 Å². The Kier molecular flexibility index (Phi) is 3.64. The van der Waals surface area contributed by atoms with E-state index in [-0.39, 0.29) is 11.1 Å². The van der Waals surface area contributed by atoms with Gasteiger partial charge in [-0.2, -0.15) is 5.10 Å². The molecule has 0 spiro atoms. The molecule has 1 unspecified atom stereocenters. The van der Waals surface area contributed by atoms with Gasteiger partial charge in [0.15, 0.2) is 0 Å². The number of nitrogen functional groups attached to an aromatic ring is 1. The van der Waals surface area contributed by atoms with E-state index in [0.29, 0.717) is 5.82 Å². The van der Waals surface area contributed by atoms with Gasteiger partial charge in [-0.15, -0.1) is 0 Å². The predicted molar refractivity (Wildman–Crippen MR) is 74.3 cm³/mol. The van der Waals surface area contributed by atoms with E-state index < -0.39 is 5.82 Å². The van der Waals surface area contributed by atoms with E-state index in [1.165, 1.54) is 6.07 Å². The van der Waals surface area contributed by atoms with Gasteiger partial charge in [-0.1, -0.05) is 17.7 Å². The molecule has 0 amide bonds. The molecule has 2 aromatic rings. The molecular weight excluding hydrogens is 321 g/mol. The minimum atomic E-state index is -0.432. The zero-order valence-corrected chi connectivity index (χ0v) is 12.3. The Morgan fingerprint density at radius 1 is 1.50 bits per heavy atom. The van der Waals surface area contributed by atoms with Gasteiger partial charge in [-0.25, -0.2) is 9.07 Å². The summed E-state index contributed by atoms with van der Waals surface area (Å²) in [5, 5.41) is 4.44. The molecule has 1 heterocycles. The second-order valence-corrected chi connectivity index (χ2v) is 5.28. The lowest BCUT2D eigenvalue weighted by Gasteiger charge is -2.14. The quantitative estimate of drug-likeness (QED) is 0.905. The SMILES string of the molecule is Cc1nn(C(C)c2ccc(F)c(Cl)c2)c(N)c1Br. The summed E-state index contributed by atoms with van der Waals surface area (Å²) < 4.78 is 15.6. The van der Waals surface area contributed by atoms with Crippen molar-refractivity contribution in [3.63, 3.8) is 0 Å². The van der Waals surface area contributed by atoms with E-state index in [4.69, 9.17) is 17.3 Å². The monoisotopic (exact) mass is 331 g/mol. The molecule has 2 rings (SSSR count). The molecule has 6 heteroatoms. The molecule has 18 heavy (non-hydrogen) atoms. The highest BCUT2D eigenvalue weighted by Gasteiger charge is 2.17. The maximum Gasteiger partial charge on any atom is 0.141 e. The molecule has 0 aliphatic rings. The Morgan fingerprint density at radius 2 is 2.17 bits per heavy atom. The molecule has 0 radical (unpaired) electrons. The minimum absolute atomic E-state index is 0.0980. The van der Waals surface area contributed by atoms with Crippen molar-refractivity contribution >= 4 is 33.3 Å². The van der Waals surface area contributed by atoms with Gasteiger partial charge in [0.05, 0.1) is 21.2 Å². The van der Waals surface area contributed by atoms with Crippen LogP contribution >= 0.6 is 27.5 Å². The maximum absolute atomic E-state index is 13.1. The topological polar surface area (TPSA) is 43.8 Å². The molecule has 2 N–H and O–H groups in total. The summed E-state index contributed by atoms with van der Waals surface area (Å²) in [7, 11) is 0. The first-order valence-electron chi connectivity index (χ1n) is 5.37. The summed E-state index contributed by atoms with van der Waals surface area (Å²) in [6.45, 7) is 3.79. The van der Waals surface area contributed by atoms with Gasteiger partial charge in [0.2, 0.25) is 0 Å². The number of hydrogen-bond donors (Lipinski definition) is 1. The van der Waals surface area contributed by atoms with Gasteiger partial charge in [0, 0.05) is 0 Å². The van der Waals surface area contributed by atoms with Crippen molar-refractivity contribution in [1.29, 1.82) is 0 Å². The zero-order valence-electron chi connectivity index (χ0n) is 9.92. The average Bonchev–Trinajstić information content (AvgIpc) is 2.60. The molecular formula is C12H12BrClFN3. The number of rotatable bonds is 2. The lowest BCUT2D eigenvalue weighted by atomic mass is 10.1. The summed E-state index contributed by atoms with van der Waals surface area (Å²) in [6.07, 6.45) is 0. The van der Waals surface area contributed by atoms with Crippen LogP contribution in [0.4, 0.5) is 10.2 Å². The van der Waals surface area contributed by atoms with Crippen LogP contribution in [0, 0.1) is 12.7 Å². The van der Waals surface area contributed by atoms with Crippen molar-refractivity contribution in [1.82, 2.24) is 9.78 Å². The lowest BCUT2D eigenvalue weighted by molar-refractivity contribution is 0.565. The maximum atomic E-state index is 13.1. The summed E-state index contributed by atoms with van der Waals surface area (Å²) in [6, 6.07) is 4.49. The molecule has 3 nitrogen and oxygen atoms in total. The van der Waals surface area contributed by atoms with Crippen molar-refractivity contribution < 1.29 is 4.39 Å². The number of halogens is 3. The highest BCUT2D eigenvalue weighted by molar-refractivity contribution is 9.10. The van der Waals surface area contributed by atoms with Crippen molar-refractivity contribution in [3.05, 3.63) is 44.8 Å². The number of aromatic nitrogens is 2. The minimum Gasteiger partial charge on any atom is -0.383 e. The van der Waals surface area contributed by atoms with Crippen molar-refractivity contribution in [2.75, 3.05) is 5.73 Å². The van der Waals surface area contributed by atoms with Crippen molar-refractivity contribution in [2.45, 2.75) is 19.9 Å². The van der Waals surface area contributed by atoms with Crippen LogP contribution in [0.2, 0.25) is 5.02 Å². The number of aryl methyl sites for hydroxylation is 1. The fourth-order valence-corrected chi connectivity index (χ4v) is 2.20. The van der Waals surface area contributed by atoms with E-state index >= 15 is 0 Å². The first-order valence-corrected chi connectivity index (χ1v) is 6.54. The highest BCUT2D eigenvalue weighted by Crippen LogP contribution is 2.29. The second kappa shape index (κ2) is 4.90. The number of nitrogens with two attached hydrogens (primary N) is 1. The van der Waals surface area contributed by atoms with Gasteiger partial charge in [-0.3, -0.25) is 0 Å². The Balaban J connectivity index is 2.44. The Hall–Kier alpha value is -1.07. The number of hydrogen-bond acceptors (Lipinski definition) is 2. The van der Waals surface area contributed by atoms with E-state index in [1.54, 1.807) is 16.8 Å². The smallest absolute Gasteiger partial charge is 0.141 e. The average molecular weight is 333 g/mol. The number of benzene rings is 1. The van der Waals surface area contributed by atoms with E-state index in [1.807, 2.05) is 13.8 Å². The summed E-state index contributed by atoms with van der Waals surface area (Å²) in [5.41, 5.74) is 7.62. The third-order valence-electron chi connectivity index (χ3n) is 2.84. The summed E-state index contributed by atoms with van der Waals surface area (Å²) in [5.74, 6) is 0.110. The molecule has 1 aromatic carbocycles. The third kappa shape index (κ3) is 2.24. The summed E-state index contributed by atoms with van der Waals surface area (Å²) in [4.78, 5) is 0. The van der Waals surface area contributed by atoms with E-state index in [9.17, 15) is 4.39 Å². The Labute approximate surface area is 118 Å². The first kappa shape index (κ1) is 13.4. The normalized spacial score (nSPS) is 12.7. The van der Waals surface area contributed by atoms with Crippen molar-refractivity contribution in [2.24, 2.45) is 0 Å². The largest absolute Gasteiger partial charge is 0.383 e. The Morgan fingerprint density at radius 3 is 2.67 bits per heavy atom. The highest BCUT2D eigenvalue weighted by atomic mass is 79.9. The van der Waals surface area contributed by atoms with Crippen LogP contribution in [0.3, 0.4) is 0 Å². The summed E-state index contributed by atoms with van der Waals surface area (Å²) >= 11 is 9.15. The van der Waals surface area contributed by atoms with Crippen LogP contribution in [-0.4, -0.2) is 9.78 Å². The molecule has 1 atom stereocenters. The fraction of sp³-hybridized carbons (Fsp3) is 0.250. The molecule has 1 aromatic heterocycles. The molecule has 96 valence electrons. The molecule has 0 saturated carbocycles. The molecule has 0 aliphatic carbocycles. The van der Waals surface area contributed by atoms with Gasteiger partial charge >= 0.3 is 0 Å². The van der Waals surface area contributed by atoms with Crippen LogP contribution < -0.4 is 5.73 Å². The first-order chi connectivity index (χ1) is 8.41. The molecule has 0 bridgehead atoms. The van der Waals surface area contributed by atoms with E-state index in [2.05, 4.69) is 21.0 Å². The van der Waals surface area contributed by atoms with Crippen LogP contribution in [0.1, 0.15) is 24.2 Å². The predicted octanol–water partition coefficient (Wildman–Crippen LogP) is 3.94.